The molecule has 0 aromatic rings. The number of carboxylic acids is 2. The van der Waals surface area contributed by atoms with Gasteiger partial charge in [0.1, 0.15) is 0 Å². The number of allylic oxidation sites excluding steroid dienone is 4. The third-order valence-electron chi connectivity index (χ3n) is 7.10. The minimum absolute atomic E-state index is 0.322. The zero-order valence-corrected chi connectivity index (χ0v) is 24.1. The first-order valence-electron chi connectivity index (χ1n) is 15.9. The molecule has 0 aliphatic heterocycles. The first-order valence-corrected chi connectivity index (χ1v) is 15.9. The first kappa shape index (κ1) is 35.4. The second-order valence-corrected chi connectivity index (χ2v) is 10.8. The molecule has 0 aromatic heterocycles. The maximum atomic E-state index is 10.4. The summed E-state index contributed by atoms with van der Waals surface area (Å²) < 4.78 is 0. The van der Waals surface area contributed by atoms with Crippen LogP contribution in [0.15, 0.2) is 24.3 Å². The van der Waals surface area contributed by atoms with Gasteiger partial charge in [0.25, 0.3) is 0 Å². The summed E-state index contributed by atoms with van der Waals surface area (Å²) in [5, 5.41) is 17.2. The van der Waals surface area contributed by atoms with Crippen LogP contribution in [-0.2, 0) is 9.59 Å². The summed E-state index contributed by atoms with van der Waals surface area (Å²) in [7, 11) is 0. The lowest BCUT2D eigenvalue weighted by Crippen LogP contribution is -1.93. The Kier molecular flexibility index (Phi) is 29.3. The molecule has 37 heavy (non-hydrogen) atoms. The fourth-order valence-corrected chi connectivity index (χ4v) is 4.72. The van der Waals surface area contributed by atoms with Crippen LogP contribution in [0.5, 0.6) is 0 Å². The molecule has 4 nitrogen and oxygen atoms in total. The van der Waals surface area contributed by atoms with Gasteiger partial charge >= 0.3 is 11.9 Å². The molecular weight excluding hydrogens is 460 g/mol. The molecule has 0 unspecified atom stereocenters. The third-order valence-corrected chi connectivity index (χ3v) is 7.10. The van der Waals surface area contributed by atoms with Crippen LogP contribution in [0.25, 0.3) is 0 Å². The van der Waals surface area contributed by atoms with E-state index in [0.29, 0.717) is 12.8 Å². The normalized spacial score (nSPS) is 11.7. The van der Waals surface area contributed by atoms with Gasteiger partial charge in [0.2, 0.25) is 0 Å². The lowest BCUT2D eigenvalue weighted by molar-refractivity contribution is -0.138. The molecule has 0 amide bonds. The maximum Gasteiger partial charge on any atom is 0.303 e. The average molecular weight is 521 g/mol. The van der Waals surface area contributed by atoms with E-state index in [-0.39, 0.29) is 0 Å². The molecule has 216 valence electrons. The highest BCUT2D eigenvalue weighted by Gasteiger charge is 1.97. The Morgan fingerprint density at radius 3 is 0.730 bits per heavy atom. The molecule has 0 rings (SSSR count). The van der Waals surface area contributed by atoms with Gasteiger partial charge in [-0.15, -0.1) is 0 Å². The summed E-state index contributed by atoms with van der Waals surface area (Å²) in [6.45, 7) is 0. The molecule has 0 aromatic carbocycles. The first-order chi connectivity index (χ1) is 18.1. The van der Waals surface area contributed by atoms with Crippen LogP contribution < -0.4 is 0 Å². The molecule has 0 spiro atoms. The Hall–Kier alpha value is -1.58. The number of aliphatic carboxylic acids is 2. The number of carbonyl (C=O) groups is 2. The van der Waals surface area contributed by atoms with Crippen molar-refractivity contribution in [3.05, 3.63) is 24.3 Å². The average Bonchev–Trinajstić information content (AvgIpc) is 2.87. The van der Waals surface area contributed by atoms with Gasteiger partial charge in [0.15, 0.2) is 0 Å². The van der Waals surface area contributed by atoms with E-state index in [0.717, 1.165) is 25.7 Å². The van der Waals surface area contributed by atoms with E-state index in [2.05, 4.69) is 24.3 Å². The van der Waals surface area contributed by atoms with E-state index in [1.54, 1.807) is 0 Å². The van der Waals surface area contributed by atoms with Crippen molar-refractivity contribution in [2.24, 2.45) is 0 Å². The van der Waals surface area contributed by atoms with E-state index < -0.39 is 11.9 Å². The zero-order chi connectivity index (χ0) is 27.1. The standard InChI is InChI=1S/C33H60O4/c34-32(35)30-28-26-24-22-20-18-16-14-12-10-8-6-4-2-1-3-5-7-9-11-13-15-17-19-21-23-25-27-29-31-33(36)37/h14-17H,1-13,18-31H2,(H,34,35)(H,36,37)/b16-14-,17-15-. The molecule has 2 N–H and O–H groups in total. The largest absolute Gasteiger partial charge is 0.481 e. The van der Waals surface area contributed by atoms with Crippen LogP contribution in [0.4, 0.5) is 0 Å². The molecule has 0 fully saturated rings. The molecule has 0 radical (unpaired) electrons. The van der Waals surface area contributed by atoms with Gasteiger partial charge in [-0.05, 0) is 64.2 Å². The fourth-order valence-electron chi connectivity index (χ4n) is 4.72. The van der Waals surface area contributed by atoms with Crippen molar-refractivity contribution in [3.8, 4) is 0 Å². The van der Waals surface area contributed by atoms with E-state index in [1.807, 2.05) is 0 Å². The van der Waals surface area contributed by atoms with Crippen LogP contribution >= 0.6 is 0 Å². The zero-order valence-electron chi connectivity index (χ0n) is 24.1. The van der Waals surface area contributed by atoms with Gasteiger partial charge in [-0.2, -0.15) is 0 Å². The topological polar surface area (TPSA) is 74.6 Å². The smallest absolute Gasteiger partial charge is 0.303 e. The molecule has 0 saturated heterocycles. The van der Waals surface area contributed by atoms with Gasteiger partial charge < -0.3 is 10.2 Å². The SMILES string of the molecule is O=C(O)CCCCCCC/C=C\CCCCCCCCCCCCC/C=C\CCCCCCCC(=O)O. The van der Waals surface area contributed by atoms with Gasteiger partial charge in [0, 0.05) is 12.8 Å². The second kappa shape index (κ2) is 30.6. The number of hydrogen-bond acceptors (Lipinski definition) is 2. The van der Waals surface area contributed by atoms with Gasteiger partial charge in [0.05, 0.1) is 0 Å². The Morgan fingerprint density at radius 1 is 0.324 bits per heavy atom. The lowest BCUT2D eigenvalue weighted by atomic mass is 10.0. The molecule has 0 bridgehead atoms. The summed E-state index contributed by atoms with van der Waals surface area (Å²) in [4.78, 5) is 20.9. The molecule has 0 aliphatic rings. The van der Waals surface area contributed by atoms with Gasteiger partial charge in [-0.1, -0.05) is 121 Å². The number of carboxylic acid groups (broad SMARTS) is 2. The predicted molar refractivity (Wildman–Crippen MR) is 158 cm³/mol. The summed E-state index contributed by atoms with van der Waals surface area (Å²) in [5.74, 6) is -1.34. The number of rotatable bonds is 30. The van der Waals surface area contributed by atoms with Crippen molar-refractivity contribution in [1.29, 1.82) is 0 Å². The summed E-state index contributed by atoms with van der Waals surface area (Å²) in [5.41, 5.74) is 0. The molecule has 0 atom stereocenters. The number of unbranched alkanes of at least 4 members (excludes halogenated alkanes) is 22. The van der Waals surface area contributed by atoms with Crippen LogP contribution in [0.1, 0.15) is 173 Å². The van der Waals surface area contributed by atoms with Crippen molar-refractivity contribution in [2.75, 3.05) is 0 Å². The molecule has 0 aliphatic carbocycles. The van der Waals surface area contributed by atoms with E-state index >= 15 is 0 Å². The van der Waals surface area contributed by atoms with Crippen LogP contribution in [0.2, 0.25) is 0 Å². The predicted octanol–water partition coefficient (Wildman–Crippen LogP) is 10.8. The molecular formula is C33H60O4. The molecule has 0 heterocycles. The maximum absolute atomic E-state index is 10.4. The fraction of sp³-hybridized carbons (Fsp3) is 0.818. The Bertz CT molecular complexity index is 505. The molecule has 4 heteroatoms. The van der Waals surface area contributed by atoms with Gasteiger partial charge in [-0.3, -0.25) is 9.59 Å². The van der Waals surface area contributed by atoms with Gasteiger partial charge in [-0.25, -0.2) is 0 Å². The monoisotopic (exact) mass is 520 g/mol. The lowest BCUT2D eigenvalue weighted by Gasteiger charge is -2.02. The summed E-state index contributed by atoms with van der Waals surface area (Å²) in [6.07, 6.45) is 41.1. The Balaban J connectivity index is 3.14. The minimum atomic E-state index is -0.669. The van der Waals surface area contributed by atoms with Crippen molar-refractivity contribution in [2.45, 2.75) is 173 Å². The van der Waals surface area contributed by atoms with E-state index in [4.69, 9.17) is 10.2 Å². The van der Waals surface area contributed by atoms with Crippen LogP contribution in [0.3, 0.4) is 0 Å². The van der Waals surface area contributed by atoms with Crippen molar-refractivity contribution in [1.82, 2.24) is 0 Å². The van der Waals surface area contributed by atoms with Crippen molar-refractivity contribution in [3.63, 3.8) is 0 Å². The summed E-state index contributed by atoms with van der Waals surface area (Å²) >= 11 is 0. The molecule has 0 saturated carbocycles. The van der Waals surface area contributed by atoms with Crippen LogP contribution in [-0.4, -0.2) is 22.2 Å². The van der Waals surface area contributed by atoms with Crippen molar-refractivity contribution >= 4 is 11.9 Å². The quantitative estimate of drug-likeness (QED) is 0.0729. The highest BCUT2D eigenvalue weighted by molar-refractivity contribution is 5.66. The van der Waals surface area contributed by atoms with E-state index in [9.17, 15) is 9.59 Å². The Labute approximate surface area is 229 Å². The van der Waals surface area contributed by atoms with Crippen LogP contribution in [0, 0.1) is 0 Å². The van der Waals surface area contributed by atoms with Crippen molar-refractivity contribution < 1.29 is 19.8 Å². The third kappa shape index (κ3) is 34.4. The second-order valence-electron chi connectivity index (χ2n) is 10.8. The minimum Gasteiger partial charge on any atom is -0.481 e. The summed E-state index contributed by atoms with van der Waals surface area (Å²) in [6, 6.07) is 0. The Morgan fingerprint density at radius 2 is 0.514 bits per heavy atom. The van der Waals surface area contributed by atoms with E-state index in [1.165, 1.54) is 135 Å². The highest BCUT2D eigenvalue weighted by atomic mass is 16.4. The number of hydrogen-bond donors (Lipinski definition) is 2. The highest BCUT2D eigenvalue weighted by Crippen LogP contribution is 2.14.